The Morgan fingerprint density at radius 1 is 1.50 bits per heavy atom. The fourth-order valence-electron chi connectivity index (χ4n) is 1.62. The van der Waals surface area contributed by atoms with E-state index in [1.54, 1.807) is 0 Å². The van der Waals surface area contributed by atoms with Crippen LogP contribution in [0.25, 0.3) is 0 Å². The van der Waals surface area contributed by atoms with Crippen molar-refractivity contribution in [2.75, 3.05) is 0 Å². The molecule has 1 saturated carbocycles. The van der Waals surface area contributed by atoms with Gasteiger partial charge < -0.3 is 0 Å². The largest absolute Gasteiger partial charge is 0.281 e. The quantitative estimate of drug-likeness (QED) is 0.555. The molecule has 1 rings (SSSR count). The van der Waals surface area contributed by atoms with Gasteiger partial charge in [-0.15, -0.1) is 23.2 Å². The zero-order chi connectivity index (χ0) is 8.86. The molecule has 2 atom stereocenters. The van der Waals surface area contributed by atoms with Gasteiger partial charge >= 0.3 is 0 Å². The molecule has 0 spiro atoms. The third-order valence-corrected chi connectivity index (χ3v) is 4.37. The van der Waals surface area contributed by atoms with Crippen LogP contribution in [0.4, 0.5) is 0 Å². The second-order valence-electron chi connectivity index (χ2n) is 2.94. The summed E-state index contributed by atoms with van der Waals surface area (Å²) in [5, 5.41) is -0.419. The van der Waals surface area contributed by atoms with Gasteiger partial charge in [0.05, 0.1) is 5.41 Å². The molecule has 0 aromatic rings. The summed E-state index contributed by atoms with van der Waals surface area (Å²) in [4.78, 5) is 11.0. The third-order valence-electron chi connectivity index (χ3n) is 2.70. The van der Waals surface area contributed by atoms with E-state index in [1.807, 2.05) is 13.8 Å². The molecule has 1 nitrogen and oxygen atoms in total. The van der Waals surface area contributed by atoms with Crippen molar-refractivity contribution in [3.8, 4) is 0 Å². The Bertz CT molecular complexity index is 207. The van der Waals surface area contributed by atoms with Crippen molar-refractivity contribution in [3.63, 3.8) is 0 Å². The Kier molecular flexibility index (Phi) is 4.05. The summed E-state index contributed by atoms with van der Waals surface area (Å²) in [6.45, 7) is 3.70. The van der Waals surface area contributed by atoms with Crippen molar-refractivity contribution in [2.45, 2.75) is 24.6 Å². The average molecular weight is 266 g/mol. The van der Waals surface area contributed by atoms with Crippen LogP contribution in [0.15, 0.2) is 0 Å². The molecular formula is C7H9Cl3OV. The van der Waals surface area contributed by atoms with E-state index in [9.17, 15) is 4.79 Å². The van der Waals surface area contributed by atoms with Crippen LogP contribution in [-0.2, 0) is 23.4 Å². The molecule has 0 aromatic carbocycles. The standard InChI is InChI=1S/C7H9Cl3O.V/c1-3-6(5(8)11)4(2)7(6,9)10;/h4H,3H2,1-2H3;. The average Bonchev–Trinajstić information content (AvgIpc) is 2.30. The molecule has 69 valence electrons. The predicted octanol–water partition coefficient (Wildman–Crippen LogP) is 2.97. The molecular weight excluding hydrogens is 257 g/mol. The molecule has 0 saturated heterocycles. The minimum Gasteiger partial charge on any atom is -0.281 e. The predicted molar refractivity (Wildman–Crippen MR) is 47.2 cm³/mol. The molecule has 0 heterocycles. The van der Waals surface area contributed by atoms with Crippen molar-refractivity contribution >= 4 is 40.0 Å². The van der Waals surface area contributed by atoms with Gasteiger partial charge in [0.2, 0.25) is 5.24 Å². The molecule has 5 heteroatoms. The number of carbonyl (C=O) groups is 1. The van der Waals surface area contributed by atoms with E-state index in [4.69, 9.17) is 34.8 Å². The number of alkyl halides is 2. The molecule has 0 N–H and O–H groups in total. The van der Waals surface area contributed by atoms with Gasteiger partial charge in [0.15, 0.2) is 0 Å². The Morgan fingerprint density at radius 2 is 1.83 bits per heavy atom. The van der Waals surface area contributed by atoms with Crippen LogP contribution >= 0.6 is 34.8 Å². The van der Waals surface area contributed by atoms with Gasteiger partial charge in [0, 0.05) is 24.5 Å². The molecule has 1 fully saturated rings. The SMILES string of the molecule is CCC1(C(=O)Cl)C(C)C1(Cl)Cl.[V]. The van der Waals surface area contributed by atoms with Gasteiger partial charge in [-0.3, -0.25) is 4.79 Å². The van der Waals surface area contributed by atoms with Crippen LogP contribution in [0.5, 0.6) is 0 Å². The maximum Gasteiger partial charge on any atom is 0.231 e. The third kappa shape index (κ3) is 1.34. The minimum atomic E-state index is -0.944. The monoisotopic (exact) mass is 265 g/mol. The maximum absolute atomic E-state index is 11.0. The fraction of sp³-hybridized carbons (Fsp3) is 0.857. The molecule has 1 aliphatic carbocycles. The van der Waals surface area contributed by atoms with E-state index < -0.39 is 15.0 Å². The van der Waals surface area contributed by atoms with Gasteiger partial charge in [-0.2, -0.15) is 0 Å². The van der Waals surface area contributed by atoms with E-state index in [2.05, 4.69) is 0 Å². The van der Waals surface area contributed by atoms with E-state index in [0.29, 0.717) is 6.42 Å². The first-order valence-corrected chi connectivity index (χ1v) is 4.62. The fourth-order valence-corrected chi connectivity index (χ4v) is 3.19. The molecule has 2 unspecified atom stereocenters. The van der Waals surface area contributed by atoms with E-state index in [-0.39, 0.29) is 24.5 Å². The maximum atomic E-state index is 11.0. The number of hydrogen-bond acceptors (Lipinski definition) is 1. The van der Waals surface area contributed by atoms with E-state index in [0.717, 1.165) is 0 Å². The number of carbonyl (C=O) groups excluding carboxylic acids is 1. The van der Waals surface area contributed by atoms with Crippen LogP contribution in [0.3, 0.4) is 0 Å². The van der Waals surface area contributed by atoms with Crippen LogP contribution in [-0.4, -0.2) is 9.58 Å². The molecule has 0 aromatic heterocycles. The smallest absolute Gasteiger partial charge is 0.231 e. The first-order valence-electron chi connectivity index (χ1n) is 3.49. The molecule has 0 bridgehead atoms. The summed E-state index contributed by atoms with van der Waals surface area (Å²) in [5.41, 5.74) is -0.697. The molecule has 1 radical (unpaired) electrons. The summed E-state index contributed by atoms with van der Waals surface area (Å²) in [7, 11) is 0. The van der Waals surface area contributed by atoms with Crippen LogP contribution < -0.4 is 0 Å². The number of rotatable bonds is 2. The van der Waals surface area contributed by atoms with Gasteiger partial charge in [-0.1, -0.05) is 13.8 Å². The molecule has 0 aliphatic heterocycles. The normalized spacial score (nSPS) is 36.9. The van der Waals surface area contributed by atoms with E-state index >= 15 is 0 Å². The van der Waals surface area contributed by atoms with Crippen molar-refractivity contribution in [2.24, 2.45) is 11.3 Å². The Morgan fingerprint density at radius 3 is 1.83 bits per heavy atom. The molecule has 12 heavy (non-hydrogen) atoms. The van der Waals surface area contributed by atoms with Crippen LogP contribution in [0.1, 0.15) is 20.3 Å². The topological polar surface area (TPSA) is 17.1 Å². The Hall–Kier alpha value is 1.12. The van der Waals surface area contributed by atoms with Gasteiger partial charge in [-0.05, 0) is 18.0 Å². The van der Waals surface area contributed by atoms with Crippen molar-refractivity contribution < 1.29 is 23.4 Å². The summed E-state index contributed by atoms with van der Waals surface area (Å²) < 4.78 is -0.944. The Labute approximate surface area is 99.0 Å². The summed E-state index contributed by atoms with van der Waals surface area (Å²) >= 11 is 17.1. The summed E-state index contributed by atoms with van der Waals surface area (Å²) in [6.07, 6.45) is 0.601. The first-order chi connectivity index (χ1) is 4.91. The number of halogens is 3. The van der Waals surface area contributed by atoms with Gasteiger partial charge in [-0.25, -0.2) is 0 Å². The molecule has 1 aliphatic rings. The Balaban J connectivity index is 0.00000121. The van der Waals surface area contributed by atoms with Gasteiger partial charge in [0.25, 0.3) is 0 Å². The summed E-state index contributed by atoms with van der Waals surface area (Å²) in [5.74, 6) is -0.0340. The zero-order valence-corrected chi connectivity index (χ0v) is 10.4. The number of hydrogen-bond donors (Lipinski definition) is 0. The minimum absolute atomic E-state index is 0. The van der Waals surface area contributed by atoms with Gasteiger partial charge in [0.1, 0.15) is 4.33 Å². The second-order valence-corrected chi connectivity index (χ2v) is 4.67. The van der Waals surface area contributed by atoms with E-state index in [1.165, 1.54) is 0 Å². The molecule has 0 amide bonds. The first kappa shape index (κ1) is 13.1. The summed E-state index contributed by atoms with van der Waals surface area (Å²) in [6, 6.07) is 0. The van der Waals surface area contributed by atoms with Crippen molar-refractivity contribution in [1.29, 1.82) is 0 Å². The second kappa shape index (κ2) is 3.70. The van der Waals surface area contributed by atoms with Crippen LogP contribution in [0.2, 0.25) is 0 Å². The van der Waals surface area contributed by atoms with Crippen LogP contribution in [0, 0.1) is 11.3 Å². The van der Waals surface area contributed by atoms with Crippen molar-refractivity contribution in [3.05, 3.63) is 0 Å². The zero-order valence-electron chi connectivity index (χ0n) is 6.77. The van der Waals surface area contributed by atoms with Crippen molar-refractivity contribution in [1.82, 2.24) is 0 Å².